The quantitative estimate of drug-likeness (QED) is 0.539. The minimum absolute atomic E-state index is 0.0321. The van der Waals surface area contributed by atoms with E-state index in [1.807, 2.05) is 30.3 Å². The Morgan fingerprint density at radius 2 is 1.69 bits per heavy atom. The molecule has 0 N–H and O–H groups in total. The van der Waals surface area contributed by atoms with E-state index in [1.54, 1.807) is 16.7 Å². The van der Waals surface area contributed by atoms with Crippen LogP contribution in [-0.2, 0) is 11.2 Å². The molecule has 0 atom stereocenters. The number of carbonyl (C=O) groups is 1. The fraction of sp³-hybridized carbons (Fsp3) is 0.200. The predicted octanol–water partition coefficient (Wildman–Crippen LogP) is 4.89. The van der Waals surface area contributed by atoms with Gasteiger partial charge in [0.25, 0.3) is 5.91 Å². The van der Waals surface area contributed by atoms with Gasteiger partial charge in [0.05, 0.1) is 5.69 Å². The number of carbonyl (C=O) groups excluding carboxylic acids is 1. The Kier molecular flexibility index (Phi) is 5.07. The number of fused-ring (bicyclic) bond motifs is 1. The van der Waals surface area contributed by atoms with E-state index in [9.17, 15) is 4.79 Å². The molecule has 0 bridgehead atoms. The largest absolute Gasteiger partial charge is 0.334 e. The average Bonchev–Trinajstić information content (AvgIpc) is 3.17. The van der Waals surface area contributed by atoms with Crippen molar-refractivity contribution in [3.05, 3.63) is 70.1 Å². The zero-order valence-corrected chi connectivity index (χ0v) is 16.8. The molecule has 4 rings (SSSR count). The SMILES string of the molecule is CCN1C(=C2SC(=S)N(CCc3ccccc3)C2=O)Sc2ccccc21. The molecule has 2 heterocycles. The fourth-order valence-electron chi connectivity index (χ4n) is 3.12. The molecule has 0 spiro atoms. The van der Waals surface area contributed by atoms with E-state index in [0.29, 0.717) is 10.9 Å². The zero-order chi connectivity index (χ0) is 18.1. The van der Waals surface area contributed by atoms with Crippen LogP contribution in [0, 0.1) is 0 Å². The van der Waals surface area contributed by atoms with Gasteiger partial charge in [0.15, 0.2) is 0 Å². The van der Waals surface area contributed by atoms with Crippen LogP contribution in [0.3, 0.4) is 0 Å². The van der Waals surface area contributed by atoms with Crippen LogP contribution >= 0.6 is 35.7 Å². The molecule has 26 heavy (non-hydrogen) atoms. The summed E-state index contributed by atoms with van der Waals surface area (Å²) in [5.41, 5.74) is 2.39. The number of para-hydroxylation sites is 1. The van der Waals surface area contributed by atoms with Gasteiger partial charge < -0.3 is 4.90 Å². The van der Waals surface area contributed by atoms with Gasteiger partial charge in [0, 0.05) is 18.0 Å². The minimum atomic E-state index is 0.0321. The van der Waals surface area contributed by atoms with Crippen LogP contribution < -0.4 is 4.90 Å². The van der Waals surface area contributed by atoms with Gasteiger partial charge in [-0.25, -0.2) is 0 Å². The van der Waals surface area contributed by atoms with Gasteiger partial charge in [-0.3, -0.25) is 9.69 Å². The summed E-state index contributed by atoms with van der Waals surface area (Å²) in [5.74, 6) is 0.0321. The molecule has 132 valence electrons. The first-order valence-corrected chi connectivity index (χ1v) is 10.6. The fourth-order valence-corrected chi connectivity index (χ4v) is 5.81. The molecule has 2 aliphatic rings. The summed E-state index contributed by atoms with van der Waals surface area (Å²) in [6, 6.07) is 18.5. The number of benzene rings is 2. The lowest BCUT2D eigenvalue weighted by molar-refractivity contribution is -0.122. The van der Waals surface area contributed by atoms with Gasteiger partial charge in [-0.05, 0) is 31.0 Å². The van der Waals surface area contributed by atoms with E-state index in [0.717, 1.165) is 22.9 Å². The van der Waals surface area contributed by atoms with Gasteiger partial charge in [0.1, 0.15) is 14.3 Å². The molecule has 2 aromatic carbocycles. The highest BCUT2D eigenvalue weighted by atomic mass is 32.2. The number of hydrogen-bond donors (Lipinski definition) is 0. The van der Waals surface area contributed by atoms with E-state index in [-0.39, 0.29) is 5.91 Å². The molecule has 0 saturated carbocycles. The number of anilines is 1. The van der Waals surface area contributed by atoms with E-state index in [1.165, 1.54) is 27.9 Å². The molecule has 1 fully saturated rings. The number of rotatable bonds is 4. The van der Waals surface area contributed by atoms with Crippen molar-refractivity contribution in [2.45, 2.75) is 18.2 Å². The monoisotopic (exact) mass is 398 g/mol. The van der Waals surface area contributed by atoms with Crippen LogP contribution in [0.5, 0.6) is 0 Å². The zero-order valence-electron chi connectivity index (χ0n) is 14.3. The van der Waals surface area contributed by atoms with Gasteiger partial charge in [0.2, 0.25) is 0 Å². The Morgan fingerprint density at radius 1 is 0.962 bits per heavy atom. The van der Waals surface area contributed by atoms with Gasteiger partial charge in [-0.15, -0.1) is 0 Å². The van der Waals surface area contributed by atoms with Crippen LogP contribution in [0.25, 0.3) is 0 Å². The molecule has 2 aromatic rings. The maximum absolute atomic E-state index is 13.1. The molecule has 0 radical (unpaired) electrons. The Balaban J connectivity index is 1.58. The summed E-state index contributed by atoms with van der Waals surface area (Å²) in [6.07, 6.45) is 0.806. The first-order valence-electron chi connectivity index (χ1n) is 8.55. The second-order valence-electron chi connectivity index (χ2n) is 6.01. The molecule has 2 aliphatic heterocycles. The van der Waals surface area contributed by atoms with Crippen LogP contribution in [0.2, 0.25) is 0 Å². The Labute approximate surface area is 167 Å². The number of amides is 1. The van der Waals surface area contributed by atoms with Crippen molar-refractivity contribution in [1.29, 1.82) is 0 Å². The number of hydrogen-bond acceptors (Lipinski definition) is 5. The molecule has 0 aliphatic carbocycles. The van der Waals surface area contributed by atoms with Crippen molar-refractivity contribution >= 4 is 51.7 Å². The average molecular weight is 399 g/mol. The maximum Gasteiger partial charge on any atom is 0.268 e. The van der Waals surface area contributed by atoms with Crippen LogP contribution in [0.15, 0.2) is 69.4 Å². The second kappa shape index (κ2) is 7.47. The molecule has 1 saturated heterocycles. The summed E-state index contributed by atoms with van der Waals surface area (Å²) >= 11 is 8.61. The lowest BCUT2D eigenvalue weighted by atomic mass is 10.1. The van der Waals surface area contributed by atoms with E-state index in [4.69, 9.17) is 12.2 Å². The third kappa shape index (κ3) is 3.17. The smallest absolute Gasteiger partial charge is 0.268 e. The highest BCUT2D eigenvalue weighted by Crippen LogP contribution is 2.50. The molecule has 6 heteroatoms. The number of nitrogens with zero attached hydrogens (tertiary/aromatic N) is 2. The highest BCUT2D eigenvalue weighted by molar-refractivity contribution is 8.27. The topological polar surface area (TPSA) is 23.6 Å². The molecule has 3 nitrogen and oxygen atoms in total. The van der Waals surface area contributed by atoms with Gasteiger partial charge in [-0.1, -0.05) is 78.2 Å². The third-order valence-electron chi connectivity index (χ3n) is 4.43. The predicted molar refractivity (Wildman–Crippen MR) is 114 cm³/mol. The summed E-state index contributed by atoms with van der Waals surface area (Å²) < 4.78 is 0.654. The van der Waals surface area contributed by atoms with Crippen LogP contribution in [0.1, 0.15) is 12.5 Å². The summed E-state index contributed by atoms with van der Waals surface area (Å²) in [4.78, 5) is 19.0. The van der Waals surface area contributed by atoms with Crippen molar-refractivity contribution in [1.82, 2.24) is 4.90 Å². The van der Waals surface area contributed by atoms with Gasteiger partial charge in [-0.2, -0.15) is 0 Å². The first kappa shape index (κ1) is 17.6. The molecular weight excluding hydrogens is 380 g/mol. The minimum Gasteiger partial charge on any atom is -0.334 e. The summed E-state index contributed by atoms with van der Waals surface area (Å²) in [6.45, 7) is 3.56. The maximum atomic E-state index is 13.1. The van der Waals surface area contributed by atoms with E-state index >= 15 is 0 Å². The Hall–Kier alpha value is -1.76. The molecule has 0 unspecified atom stereocenters. The normalized spacial score (nSPS) is 19.4. The molecule has 1 amide bonds. The highest BCUT2D eigenvalue weighted by Gasteiger charge is 2.38. The van der Waals surface area contributed by atoms with E-state index < -0.39 is 0 Å². The van der Waals surface area contributed by atoms with Crippen molar-refractivity contribution in [2.75, 3.05) is 18.0 Å². The van der Waals surface area contributed by atoms with Crippen molar-refractivity contribution in [3.63, 3.8) is 0 Å². The van der Waals surface area contributed by atoms with Crippen molar-refractivity contribution < 1.29 is 4.79 Å². The summed E-state index contributed by atoms with van der Waals surface area (Å²) in [7, 11) is 0. The van der Waals surface area contributed by atoms with Crippen molar-refractivity contribution in [3.8, 4) is 0 Å². The Bertz CT molecular complexity index is 895. The second-order valence-corrected chi connectivity index (χ2v) is 8.68. The lowest BCUT2D eigenvalue weighted by Crippen LogP contribution is -2.31. The molecular formula is C20H18N2OS3. The number of thiocarbonyl (C=S) groups is 1. The van der Waals surface area contributed by atoms with E-state index in [2.05, 4.69) is 36.1 Å². The first-order chi connectivity index (χ1) is 12.7. The third-order valence-corrected chi connectivity index (χ3v) is 7.18. The van der Waals surface area contributed by atoms with Gasteiger partial charge >= 0.3 is 0 Å². The van der Waals surface area contributed by atoms with Crippen molar-refractivity contribution in [2.24, 2.45) is 0 Å². The van der Waals surface area contributed by atoms with Crippen LogP contribution in [0.4, 0.5) is 5.69 Å². The van der Waals surface area contributed by atoms with Crippen LogP contribution in [-0.4, -0.2) is 28.2 Å². The summed E-state index contributed by atoms with van der Waals surface area (Å²) in [5, 5.41) is 1.01. The number of thioether (sulfide) groups is 2. The standard InChI is InChI=1S/C20H18N2OS3/c1-2-21-15-10-6-7-11-16(15)25-19(21)17-18(23)22(20(24)26-17)13-12-14-8-4-3-5-9-14/h3-11H,2,12-13H2,1H3. The lowest BCUT2D eigenvalue weighted by Gasteiger charge is -2.19. The Morgan fingerprint density at radius 3 is 2.46 bits per heavy atom. The molecule has 0 aromatic heterocycles.